The van der Waals surface area contributed by atoms with Gasteiger partial charge in [-0.25, -0.2) is 0 Å². The van der Waals surface area contributed by atoms with Crippen LogP contribution in [0.4, 0.5) is 5.69 Å². The van der Waals surface area contributed by atoms with Gasteiger partial charge < -0.3 is 9.64 Å². The van der Waals surface area contributed by atoms with Crippen LogP contribution in [-0.2, 0) is 9.53 Å². The first kappa shape index (κ1) is 12.6. The van der Waals surface area contributed by atoms with Gasteiger partial charge in [0.05, 0.1) is 13.5 Å². The second-order valence-electron chi connectivity index (χ2n) is 4.04. The maximum absolute atomic E-state index is 11.1. The van der Waals surface area contributed by atoms with Crippen molar-refractivity contribution in [2.45, 2.75) is 20.3 Å². The van der Waals surface area contributed by atoms with Crippen molar-refractivity contribution in [1.29, 1.82) is 0 Å². The van der Waals surface area contributed by atoms with Gasteiger partial charge in [0.25, 0.3) is 0 Å². The Bertz CT molecular complexity index is 374. The lowest BCUT2D eigenvalue weighted by atomic mass is 10.1. The van der Waals surface area contributed by atoms with E-state index in [0.29, 0.717) is 13.0 Å². The molecule has 1 aromatic rings. The number of carbonyl (C=O) groups is 1. The van der Waals surface area contributed by atoms with Gasteiger partial charge >= 0.3 is 5.97 Å². The second kappa shape index (κ2) is 5.54. The van der Waals surface area contributed by atoms with Gasteiger partial charge in [0.2, 0.25) is 0 Å². The highest BCUT2D eigenvalue weighted by Crippen LogP contribution is 2.20. The number of rotatable bonds is 4. The van der Waals surface area contributed by atoms with Gasteiger partial charge in [0.1, 0.15) is 0 Å². The van der Waals surface area contributed by atoms with Crippen LogP contribution in [0.3, 0.4) is 0 Å². The minimum atomic E-state index is -0.169. The van der Waals surface area contributed by atoms with Crippen LogP contribution in [0.5, 0.6) is 0 Å². The molecular formula is C13H19NO2. The lowest BCUT2D eigenvalue weighted by molar-refractivity contribution is -0.140. The molecule has 1 rings (SSSR count). The summed E-state index contributed by atoms with van der Waals surface area (Å²) < 4.78 is 4.62. The molecule has 0 spiro atoms. The van der Waals surface area contributed by atoms with Crippen molar-refractivity contribution in [3.05, 3.63) is 29.3 Å². The van der Waals surface area contributed by atoms with Gasteiger partial charge in [-0.3, -0.25) is 4.79 Å². The first-order valence-electron chi connectivity index (χ1n) is 5.40. The summed E-state index contributed by atoms with van der Waals surface area (Å²) in [5, 5.41) is 0. The van der Waals surface area contributed by atoms with Crippen molar-refractivity contribution in [2.75, 3.05) is 25.6 Å². The monoisotopic (exact) mass is 221 g/mol. The summed E-state index contributed by atoms with van der Waals surface area (Å²) in [4.78, 5) is 13.1. The molecule has 0 fully saturated rings. The Kier molecular flexibility index (Phi) is 4.35. The van der Waals surface area contributed by atoms with E-state index in [1.165, 1.54) is 23.9 Å². The number of esters is 1. The average Bonchev–Trinajstić information content (AvgIpc) is 2.28. The Morgan fingerprint density at radius 2 is 2.06 bits per heavy atom. The Labute approximate surface area is 97.0 Å². The average molecular weight is 221 g/mol. The summed E-state index contributed by atoms with van der Waals surface area (Å²) in [7, 11) is 3.41. The van der Waals surface area contributed by atoms with Crippen LogP contribution in [0.1, 0.15) is 17.5 Å². The van der Waals surface area contributed by atoms with E-state index in [0.717, 1.165) is 0 Å². The summed E-state index contributed by atoms with van der Waals surface area (Å²) in [6.07, 6.45) is 0.417. The standard InChI is InChI=1S/C13H19NO2/c1-10-5-6-11(2)12(9-10)14(3)8-7-13(15)16-4/h5-6,9H,7-8H2,1-4H3. The summed E-state index contributed by atoms with van der Waals surface area (Å²) >= 11 is 0. The maximum Gasteiger partial charge on any atom is 0.307 e. The fraction of sp³-hybridized carbons (Fsp3) is 0.462. The fourth-order valence-electron chi connectivity index (χ4n) is 1.61. The van der Waals surface area contributed by atoms with Gasteiger partial charge in [-0.2, -0.15) is 0 Å². The number of hydrogen-bond donors (Lipinski definition) is 0. The molecule has 1 aromatic carbocycles. The zero-order valence-corrected chi connectivity index (χ0v) is 10.4. The van der Waals surface area contributed by atoms with Crippen LogP contribution >= 0.6 is 0 Å². The number of anilines is 1. The van der Waals surface area contributed by atoms with E-state index in [1.807, 2.05) is 7.05 Å². The number of ether oxygens (including phenoxy) is 1. The van der Waals surface area contributed by atoms with Crippen molar-refractivity contribution < 1.29 is 9.53 Å². The van der Waals surface area contributed by atoms with Crippen LogP contribution in [0.15, 0.2) is 18.2 Å². The van der Waals surface area contributed by atoms with Crippen molar-refractivity contribution in [3.8, 4) is 0 Å². The van der Waals surface area contributed by atoms with E-state index in [4.69, 9.17) is 0 Å². The van der Waals surface area contributed by atoms with Gasteiger partial charge in [-0.1, -0.05) is 12.1 Å². The number of hydrogen-bond acceptors (Lipinski definition) is 3. The fourth-order valence-corrected chi connectivity index (χ4v) is 1.61. The molecule has 0 bridgehead atoms. The highest BCUT2D eigenvalue weighted by Gasteiger charge is 2.07. The molecule has 0 atom stereocenters. The Balaban J connectivity index is 2.68. The summed E-state index contributed by atoms with van der Waals surface area (Å²) in [5.41, 5.74) is 3.62. The molecular weight excluding hydrogens is 202 g/mol. The number of aryl methyl sites for hydroxylation is 2. The van der Waals surface area contributed by atoms with Crippen LogP contribution in [-0.4, -0.2) is 26.7 Å². The van der Waals surface area contributed by atoms with Crippen molar-refractivity contribution in [2.24, 2.45) is 0 Å². The summed E-state index contributed by atoms with van der Waals surface area (Å²) in [6.45, 7) is 4.82. The summed E-state index contributed by atoms with van der Waals surface area (Å²) in [5.74, 6) is -0.169. The van der Waals surface area contributed by atoms with E-state index in [-0.39, 0.29) is 5.97 Å². The number of carbonyl (C=O) groups excluding carboxylic acids is 1. The molecule has 0 saturated carbocycles. The van der Waals surface area contributed by atoms with Crippen molar-refractivity contribution >= 4 is 11.7 Å². The van der Waals surface area contributed by atoms with E-state index in [2.05, 4.69) is 41.7 Å². The van der Waals surface area contributed by atoms with Crippen molar-refractivity contribution in [1.82, 2.24) is 0 Å². The molecule has 0 heterocycles. The third-order valence-electron chi connectivity index (χ3n) is 2.65. The van der Waals surface area contributed by atoms with Crippen LogP contribution < -0.4 is 4.90 Å². The number of methoxy groups -OCH3 is 1. The van der Waals surface area contributed by atoms with Gasteiger partial charge in [-0.15, -0.1) is 0 Å². The molecule has 0 unspecified atom stereocenters. The normalized spacial score (nSPS) is 10.0. The molecule has 0 aliphatic heterocycles. The van der Waals surface area contributed by atoms with Crippen LogP contribution in [0.25, 0.3) is 0 Å². The molecule has 0 aliphatic carbocycles. The van der Waals surface area contributed by atoms with Crippen LogP contribution in [0, 0.1) is 13.8 Å². The zero-order chi connectivity index (χ0) is 12.1. The SMILES string of the molecule is COC(=O)CCN(C)c1cc(C)ccc1C. The molecule has 0 aromatic heterocycles. The number of benzene rings is 1. The molecule has 0 saturated heterocycles. The predicted octanol–water partition coefficient (Wildman–Crippen LogP) is 2.30. The first-order chi connectivity index (χ1) is 7.54. The molecule has 0 radical (unpaired) electrons. The molecule has 3 nitrogen and oxygen atoms in total. The minimum Gasteiger partial charge on any atom is -0.469 e. The molecule has 0 aliphatic rings. The van der Waals surface area contributed by atoms with Crippen molar-refractivity contribution in [3.63, 3.8) is 0 Å². The maximum atomic E-state index is 11.1. The molecule has 16 heavy (non-hydrogen) atoms. The lowest BCUT2D eigenvalue weighted by Gasteiger charge is -2.21. The number of nitrogens with zero attached hydrogens (tertiary/aromatic N) is 1. The predicted molar refractivity (Wildman–Crippen MR) is 65.8 cm³/mol. The Hall–Kier alpha value is -1.51. The Morgan fingerprint density at radius 1 is 1.38 bits per heavy atom. The lowest BCUT2D eigenvalue weighted by Crippen LogP contribution is -2.22. The molecule has 0 N–H and O–H groups in total. The molecule has 88 valence electrons. The van der Waals surface area contributed by atoms with E-state index in [1.54, 1.807) is 0 Å². The van der Waals surface area contributed by atoms with E-state index in [9.17, 15) is 4.79 Å². The van der Waals surface area contributed by atoms with Gasteiger partial charge in [-0.05, 0) is 31.0 Å². The smallest absolute Gasteiger partial charge is 0.307 e. The second-order valence-corrected chi connectivity index (χ2v) is 4.04. The third kappa shape index (κ3) is 3.26. The molecule has 0 amide bonds. The quantitative estimate of drug-likeness (QED) is 0.731. The van der Waals surface area contributed by atoms with Gasteiger partial charge in [0.15, 0.2) is 0 Å². The first-order valence-corrected chi connectivity index (χ1v) is 5.40. The van der Waals surface area contributed by atoms with Gasteiger partial charge in [0, 0.05) is 19.3 Å². The third-order valence-corrected chi connectivity index (χ3v) is 2.65. The highest BCUT2D eigenvalue weighted by molar-refractivity contribution is 5.70. The molecule has 3 heteroatoms. The zero-order valence-electron chi connectivity index (χ0n) is 10.4. The summed E-state index contributed by atoms with van der Waals surface area (Å²) in [6, 6.07) is 6.32. The Morgan fingerprint density at radius 3 is 2.69 bits per heavy atom. The largest absolute Gasteiger partial charge is 0.469 e. The van der Waals surface area contributed by atoms with Crippen LogP contribution in [0.2, 0.25) is 0 Å². The minimum absolute atomic E-state index is 0.169. The topological polar surface area (TPSA) is 29.5 Å². The van der Waals surface area contributed by atoms with E-state index >= 15 is 0 Å². The highest BCUT2D eigenvalue weighted by atomic mass is 16.5. The van der Waals surface area contributed by atoms with E-state index < -0.39 is 0 Å².